The monoisotopic (exact) mass is 267 g/mol. The van der Waals surface area contributed by atoms with E-state index in [0.717, 1.165) is 38.0 Å². The molecule has 0 aliphatic carbocycles. The Balaban J connectivity index is 2.24. The van der Waals surface area contributed by atoms with Crippen molar-refractivity contribution in [1.29, 1.82) is 0 Å². The zero-order valence-electron chi connectivity index (χ0n) is 12.3. The lowest BCUT2D eigenvalue weighted by molar-refractivity contribution is 0.0759. The van der Waals surface area contributed by atoms with Gasteiger partial charge in [-0.05, 0) is 57.4 Å². The van der Waals surface area contributed by atoms with Gasteiger partial charge in [-0.25, -0.2) is 4.39 Å². The standard InChI is InChI=1S/C16H26FNO/c1-4-16(14-7-9-15(17)10-8-14)18-11-5-6-12-19-13(2)3/h7-10,13,16,18H,4-6,11-12H2,1-3H3. The molecule has 108 valence electrons. The van der Waals surface area contributed by atoms with Gasteiger partial charge in [-0.1, -0.05) is 19.1 Å². The molecule has 0 radical (unpaired) electrons. The third-order valence-corrected chi connectivity index (χ3v) is 3.09. The van der Waals surface area contributed by atoms with Gasteiger partial charge in [0, 0.05) is 12.6 Å². The van der Waals surface area contributed by atoms with Crippen LogP contribution in [0.4, 0.5) is 4.39 Å². The predicted octanol–water partition coefficient (Wildman–Crippen LogP) is 4.07. The molecule has 1 aromatic rings. The van der Waals surface area contributed by atoms with Crippen molar-refractivity contribution < 1.29 is 9.13 Å². The molecule has 0 aliphatic rings. The molecular weight excluding hydrogens is 241 g/mol. The molecule has 0 amide bonds. The fraction of sp³-hybridized carbons (Fsp3) is 0.625. The van der Waals surface area contributed by atoms with Gasteiger partial charge in [0.15, 0.2) is 0 Å². The molecule has 0 bridgehead atoms. The summed E-state index contributed by atoms with van der Waals surface area (Å²) < 4.78 is 18.4. The molecule has 3 heteroatoms. The summed E-state index contributed by atoms with van der Waals surface area (Å²) in [5.41, 5.74) is 1.15. The Morgan fingerprint density at radius 2 is 1.84 bits per heavy atom. The molecule has 19 heavy (non-hydrogen) atoms. The molecule has 2 nitrogen and oxygen atoms in total. The lowest BCUT2D eigenvalue weighted by Gasteiger charge is -2.17. The molecule has 1 unspecified atom stereocenters. The molecule has 0 saturated heterocycles. The summed E-state index contributed by atoms with van der Waals surface area (Å²) in [6.45, 7) is 8.05. The lowest BCUT2D eigenvalue weighted by Crippen LogP contribution is -2.22. The second kappa shape index (κ2) is 9.05. The van der Waals surface area contributed by atoms with Crippen molar-refractivity contribution in [2.24, 2.45) is 0 Å². The highest BCUT2D eigenvalue weighted by atomic mass is 19.1. The van der Waals surface area contributed by atoms with Gasteiger partial charge in [0.25, 0.3) is 0 Å². The average Bonchev–Trinajstić information content (AvgIpc) is 2.39. The molecule has 1 N–H and O–H groups in total. The minimum Gasteiger partial charge on any atom is -0.379 e. The van der Waals surface area contributed by atoms with E-state index < -0.39 is 0 Å². The van der Waals surface area contributed by atoms with Gasteiger partial charge in [-0.3, -0.25) is 0 Å². The van der Waals surface area contributed by atoms with Crippen LogP contribution in [0.25, 0.3) is 0 Å². The highest BCUT2D eigenvalue weighted by molar-refractivity contribution is 5.19. The maximum Gasteiger partial charge on any atom is 0.123 e. The molecule has 0 fully saturated rings. The number of ether oxygens (including phenoxy) is 1. The Kier molecular flexibility index (Phi) is 7.68. The molecule has 0 heterocycles. The summed E-state index contributed by atoms with van der Waals surface area (Å²) in [6.07, 6.45) is 3.50. The third kappa shape index (κ3) is 6.69. The van der Waals surface area contributed by atoms with Crippen LogP contribution in [0.15, 0.2) is 24.3 Å². The fourth-order valence-electron chi connectivity index (χ4n) is 2.02. The van der Waals surface area contributed by atoms with E-state index >= 15 is 0 Å². The zero-order valence-corrected chi connectivity index (χ0v) is 12.3. The summed E-state index contributed by atoms with van der Waals surface area (Å²) >= 11 is 0. The lowest BCUT2D eigenvalue weighted by atomic mass is 10.0. The van der Waals surface area contributed by atoms with E-state index in [1.165, 1.54) is 12.1 Å². The van der Waals surface area contributed by atoms with Crippen molar-refractivity contribution in [3.63, 3.8) is 0 Å². The van der Waals surface area contributed by atoms with Crippen molar-refractivity contribution >= 4 is 0 Å². The van der Waals surface area contributed by atoms with E-state index in [2.05, 4.69) is 26.1 Å². The number of benzene rings is 1. The van der Waals surface area contributed by atoms with E-state index in [0.29, 0.717) is 12.1 Å². The van der Waals surface area contributed by atoms with Crippen molar-refractivity contribution in [2.45, 2.75) is 52.2 Å². The van der Waals surface area contributed by atoms with Crippen LogP contribution in [0.5, 0.6) is 0 Å². The van der Waals surface area contributed by atoms with Gasteiger partial charge in [0.05, 0.1) is 6.10 Å². The molecule has 1 atom stereocenters. The summed E-state index contributed by atoms with van der Waals surface area (Å²) in [6, 6.07) is 7.08. The first kappa shape index (κ1) is 16.1. The first-order valence-electron chi connectivity index (χ1n) is 7.24. The van der Waals surface area contributed by atoms with Gasteiger partial charge >= 0.3 is 0 Å². The number of rotatable bonds is 9. The van der Waals surface area contributed by atoms with Crippen LogP contribution in [0, 0.1) is 5.82 Å². The quantitative estimate of drug-likeness (QED) is 0.681. The minimum atomic E-state index is -0.176. The zero-order chi connectivity index (χ0) is 14.1. The fourth-order valence-corrected chi connectivity index (χ4v) is 2.02. The summed E-state index contributed by atoms with van der Waals surface area (Å²) in [5, 5.41) is 3.52. The Hall–Kier alpha value is -0.930. The normalized spacial score (nSPS) is 12.9. The highest BCUT2D eigenvalue weighted by Crippen LogP contribution is 2.16. The van der Waals surface area contributed by atoms with Gasteiger partial charge in [-0.15, -0.1) is 0 Å². The Bertz CT molecular complexity index is 337. The largest absolute Gasteiger partial charge is 0.379 e. The average molecular weight is 267 g/mol. The molecule has 1 rings (SSSR count). The maximum absolute atomic E-state index is 12.9. The van der Waals surface area contributed by atoms with Crippen LogP contribution in [-0.2, 0) is 4.74 Å². The number of hydrogen-bond donors (Lipinski definition) is 1. The smallest absolute Gasteiger partial charge is 0.123 e. The summed E-state index contributed by atoms with van der Waals surface area (Å²) in [7, 11) is 0. The topological polar surface area (TPSA) is 21.3 Å². The highest BCUT2D eigenvalue weighted by Gasteiger charge is 2.07. The van der Waals surface area contributed by atoms with Gasteiger partial charge in [0.1, 0.15) is 5.82 Å². The van der Waals surface area contributed by atoms with Crippen LogP contribution >= 0.6 is 0 Å². The minimum absolute atomic E-state index is 0.176. The Labute approximate surface area is 116 Å². The van der Waals surface area contributed by atoms with E-state index in [1.807, 2.05) is 12.1 Å². The van der Waals surface area contributed by atoms with Crippen molar-refractivity contribution in [1.82, 2.24) is 5.32 Å². The number of unbranched alkanes of at least 4 members (excludes halogenated alkanes) is 1. The van der Waals surface area contributed by atoms with E-state index in [9.17, 15) is 4.39 Å². The Morgan fingerprint density at radius 1 is 1.16 bits per heavy atom. The van der Waals surface area contributed by atoms with Crippen LogP contribution < -0.4 is 5.32 Å². The van der Waals surface area contributed by atoms with Crippen molar-refractivity contribution in [3.05, 3.63) is 35.6 Å². The second-order valence-corrected chi connectivity index (χ2v) is 5.09. The molecular formula is C16H26FNO. The second-order valence-electron chi connectivity index (χ2n) is 5.09. The number of nitrogens with one attached hydrogen (secondary N) is 1. The van der Waals surface area contributed by atoms with Crippen LogP contribution in [0.3, 0.4) is 0 Å². The SMILES string of the molecule is CCC(NCCCCOC(C)C)c1ccc(F)cc1. The van der Waals surface area contributed by atoms with E-state index in [4.69, 9.17) is 4.74 Å². The number of hydrogen-bond acceptors (Lipinski definition) is 2. The number of halogens is 1. The van der Waals surface area contributed by atoms with Crippen molar-refractivity contribution in [2.75, 3.05) is 13.2 Å². The first-order valence-corrected chi connectivity index (χ1v) is 7.24. The van der Waals surface area contributed by atoms with Crippen LogP contribution in [-0.4, -0.2) is 19.3 Å². The summed E-state index contributed by atoms with van der Waals surface area (Å²) in [5.74, 6) is -0.176. The van der Waals surface area contributed by atoms with Gasteiger partial charge in [0.2, 0.25) is 0 Å². The molecule has 0 aromatic heterocycles. The van der Waals surface area contributed by atoms with Crippen LogP contribution in [0.1, 0.15) is 51.6 Å². The predicted molar refractivity (Wildman–Crippen MR) is 77.8 cm³/mol. The third-order valence-electron chi connectivity index (χ3n) is 3.09. The van der Waals surface area contributed by atoms with E-state index in [-0.39, 0.29) is 5.82 Å². The molecule has 0 saturated carbocycles. The van der Waals surface area contributed by atoms with Crippen molar-refractivity contribution in [3.8, 4) is 0 Å². The van der Waals surface area contributed by atoms with E-state index in [1.54, 1.807) is 0 Å². The first-order chi connectivity index (χ1) is 9.13. The van der Waals surface area contributed by atoms with Gasteiger partial charge < -0.3 is 10.1 Å². The molecule has 0 aliphatic heterocycles. The van der Waals surface area contributed by atoms with Gasteiger partial charge in [-0.2, -0.15) is 0 Å². The van der Waals surface area contributed by atoms with Crippen LogP contribution in [0.2, 0.25) is 0 Å². The summed E-state index contributed by atoms with van der Waals surface area (Å²) in [4.78, 5) is 0. The Morgan fingerprint density at radius 3 is 2.42 bits per heavy atom. The molecule has 1 aromatic carbocycles. The maximum atomic E-state index is 12.9. The molecule has 0 spiro atoms.